The molecule has 21 heavy (non-hydrogen) atoms. The van der Waals surface area contributed by atoms with E-state index in [4.69, 9.17) is 10.7 Å². The number of nitrogens with zero attached hydrogens (tertiary/aromatic N) is 1. The van der Waals surface area contributed by atoms with Crippen molar-refractivity contribution >= 4 is 31.3 Å². The van der Waals surface area contributed by atoms with Crippen molar-refractivity contribution in [2.24, 2.45) is 0 Å². The molecule has 1 aromatic rings. The van der Waals surface area contributed by atoms with Crippen molar-refractivity contribution in [3.8, 4) is 0 Å². The van der Waals surface area contributed by atoms with Crippen molar-refractivity contribution in [1.82, 2.24) is 5.32 Å². The van der Waals surface area contributed by atoms with E-state index < -0.39 is 41.8 Å². The predicted octanol–water partition coefficient (Wildman–Crippen LogP) is 1.04. The predicted molar refractivity (Wildman–Crippen MR) is 70.3 cm³/mol. The van der Waals surface area contributed by atoms with E-state index in [1.165, 1.54) is 7.11 Å². The van der Waals surface area contributed by atoms with Crippen molar-refractivity contribution < 1.29 is 27.3 Å². The van der Waals surface area contributed by atoms with E-state index >= 15 is 0 Å². The average Bonchev–Trinajstić information content (AvgIpc) is 2.37. The maximum atomic E-state index is 13.7. The van der Waals surface area contributed by atoms with Crippen molar-refractivity contribution in [2.45, 2.75) is 4.90 Å². The maximum Gasteiger partial charge on any atom is 0.307 e. The molecule has 0 unspecified atom stereocenters. The number of carbonyl (C=O) groups excluding carboxylic acids is 1. The van der Waals surface area contributed by atoms with Gasteiger partial charge in [0.1, 0.15) is 4.90 Å². The topological polar surface area (TPSA) is 116 Å². The first-order valence-electron chi connectivity index (χ1n) is 5.38. The van der Waals surface area contributed by atoms with Gasteiger partial charge in [-0.3, -0.25) is 14.9 Å². The van der Waals surface area contributed by atoms with E-state index in [1.54, 1.807) is 0 Å². The third kappa shape index (κ3) is 4.34. The van der Waals surface area contributed by atoms with Crippen molar-refractivity contribution in [3.05, 3.63) is 33.6 Å². The van der Waals surface area contributed by atoms with Crippen LogP contribution < -0.4 is 5.32 Å². The van der Waals surface area contributed by atoms with Gasteiger partial charge in [0.05, 0.1) is 11.5 Å². The molecule has 11 heteroatoms. The second kappa shape index (κ2) is 6.78. The molecule has 0 aliphatic rings. The van der Waals surface area contributed by atoms with Gasteiger partial charge < -0.3 is 10.1 Å². The van der Waals surface area contributed by atoms with E-state index in [0.29, 0.717) is 12.1 Å². The van der Waals surface area contributed by atoms with Gasteiger partial charge in [-0.1, -0.05) is 0 Å². The first-order valence-corrected chi connectivity index (χ1v) is 7.69. The Kier molecular flexibility index (Phi) is 5.58. The first kappa shape index (κ1) is 17.3. The summed E-state index contributed by atoms with van der Waals surface area (Å²) in [6.07, 6.45) is 0. The van der Waals surface area contributed by atoms with Crippen molar-refractivity contribution in [3.63, 3.8) is 0 Å². The summed E-state index contributed by atoms with van der Waals surface area (Å²) in [6.45, 7) is 0.263. The van der Waals surface area contributed by atoms with Gasteiger partial charge in [-0.05, 0) is 6.07 Å². The lowest BCUT2D eigenvalue weighted by Gasteiger charge is -2.07. The minimum absolute atomic E-state index is 0.0868. The molecule has 0 saturated heterocycles. The van der Waals surface area contributed by atoms with Crippen LogP contribution in [-0.4, -0.2) is 39.5 Å². The third-order valence-corrected chi connectivity index (χ3v) is 3.65. The van der Waals surface area contributed by atoms with E-state index in [2.05, 4.69) is 10.1 Å². The van der Waals surface area contributed by atoms with Crippen LogP contribution in [0.5, 0.6) is 0 Å². The van der Waals surface area contributed by atoms with Crippen LogP contribution in [0.4, 0.5) is 10.1 Å². The van der Waals surface area contributed by atoms with Gasteiger partial charge in [-0.25, -0.2) is 8.42 Å². The molecule has 1 aromatic carbocycles. The molecule has 0 aliphatic carbocycles. The lowest BCUT2D eigenvalue weighted by atomic mass is 10.2. The third-order valence-electron chi connectivity index (χ3n) is 2.33. The number of amides is 1. The Morgan fingerprint density at radius 1 is 1.52 bits per heavy atom. The molecule has 0 radical (unpaired) electrons. The lowest BCUT2D eigenvalue weighted by molar-refractivity contribution is -0.387. The zero-order valence-corrected chi connectivity index (χ0v) is 12.2. The normalized spacial score (nSPS) is 11.2. The highest BCUT2D eigenvalue weighted by atomic mass is 35.7. The Hall–Kier alpha value is -1.78. The van der Waals surface area contributed by atoms with Crippen LogP contribution in [0, 0.1) is 15.9 Å². The van der Waals surface area contributed by atoms with E-state index in [9.17, 15) is 27.7 Å². The van der Waals surface area contributed by atoms with Gasteiger partial charge >= 0.3 is 5.69 Å². The Balaban J connectivity index is 3.31. The van der Waals surface area contributed by atoms with Crippen LogP contribution >= 0.6 is 10.7 Å². The molecular formula is C10H10ClFN2O6S. The summed E-state index contributed by atoms with van der Waals surface area (Å²) in [7, 11) is 1.82. The second-order valence-electron chi connectivity index (χ2n) is 3.75. The quantitative estimate of drug-likeness (QED) is 0.358. The van der Waals surface area contributed by atoms with Crippen LogP contribution in [-0.2, 0) is 13.8 Å². The molecule has 1 amide bonds. The molecule has 0 fully saturated rings. The summed E-state index contributed by atoms with van der Waals surface area (Å²) in [4.78, 5) is 20.2. The number of hydrogen-bond donors (Lipinski definition) is 1. The fourth-order valence-electron chi connectivity index (χ4n) is 1.39. The minimum Gasteiger partial charge on any atom is -0.383 e. The summed E-state index contributed by atoms with van der Waals surface area (Å²) in [5, 5.41) is 13.0. The number of nitro groups is 1. The van der Waals surface area contributed by atoms with Gasteiger partial charge in [0.15, 0.2) is 0 Å². The molecule has 8 nitrogen and oxygen atoms in total. The highest BCUT2D eigenvalue weighted by Gasteiger charge is 2.28. The molecule has 0 aliphatic heterocycles. The summed E-state index contributed by atoms with van der Waals surface area (Å²) in [5.41, 5.74) is -1.56. The Bertz CT molecular complexity index is 678. The molecule has 0 saturated carbocycles. The molecule has 0 spiro atoms. The number of nitrogens with one attached hydrogen (secondary N) is 1. The van der Waals surface area contributed by atoms with Gasteiger partial charge in [0.25, 0.3) is 15.0 Å². The smallest absolute Gasteiger partial charge is 0.307 e. The fraction of sp³-hybridized carbons (Fsp3) is 0.300. The van der Waals surface area contributed by atoms with Gasteiger partial charge in [-0.15, -0.1) is 0 Å². The molecule has 1 rings (SSSR count). The van der Waals surface area contributed by atoms with Crippen LogP contribution in [0.15, 0.2) is 17.0 Å². The molecule has 0 bridgehead atoms. The van der Waals surface area contributed by atoms with Crippen molar-refractivity contribution in [1.29, 1.82) is 0 Å². The van der Waals surface area contributed by atoms with Gasteiger partial charge in [0.2, 0.25) is 5.82 Å². The number of methoxy groups -OCH3 is 1. The molecule has 116 valence electrons. The molecule has 0 aromatic heterocycles. The summed E-state index contributed by atoms with van der Waals surface area (Å²) in [5.74, 6) is -2.44. The number of carbonyl (C=O) groups is 1. The zero-order chi connectivity index (χ0) is 16.2. The zero-order valence-electron chi connectivity index (χ0n) is 10.6. The van der Waals surface area contributed by atoms with Crippen molar-refractivity contribution in [2.75, 3.05) is 20.3 Å². The van der Waals surface area contributed by atoms with Crippen LogP contribution in [0.1, 0.15) is 10.4 Å². The molecule has 0 heterocycles. The number of nitro benzene ring substituents is 1. The van der Waals surface area contributed by atoms with E-state index in [1.807, 2.05) is 0 Å². The van der Waals surface area contributed by atoms with Gasteiger partial charge in [-0.2, -0.15) is 4.39 Å². The number of ether oxygens (including phenoxy) is 1. The summed E-state index contributed by atoms with van der Waals surface area (Å²) < 4.78 is 40.8. The fourth-order valence-corrected chi connectivity index (χ4v) is 2.32. The molecule has 1 N–H and O–H groups in total. The summed E-state index contributed by atoms with van der Waals surface area (Å²) >= 11 is 0. The van der Waals surface area contributed by atoms with E-state index in [-0.39, 0.29) is 13.2 Å². The minimum atomic E-state index is -4.58. The van der Waals surface area contributed by atoms with Gasteiger partial charge in [0, 0.05) is 36.0 Å². The second-order valence-corrected chi connectivity index (χ2v) is 6.29. The van der Waals surface area contributed by atoms with Crippen LogP contribution in [0.25, 0.3) is 0 Å². The summed E-state index contributed by atoms with van der Waals surface area (Å²) in [6, 6.07) is 1.26. The Labute approximate surface area is 123 Å². The number of benzene rings is 1. The number of halogens is 2. The van der Waals surface area contributed by atoms with E-state index in [0.717, 1.165) is 0 Å². The standard InChI is InChI=1S/C10H10ClFN2O6S/c1-20-3-2-13-10(15)6-4-7(14(16)17)9(12)8(5-6)21(11,18)19/h4-5H,2-3H2,1H3,(H,13,15). The Morgan fingerprint density at radius 2 is 2.14 bits per heavy atom. The first-order chi connectivity index (χ1) is 9.68. The lowest BCUT2D eigenvalue weighted by Crippen LogP contribution is -2.27. The average molecular weight is 341 g/mol. The Morgan fingerprint density at radius 3 is 2.62 bits per heavy atom. The monoisotopic (exact) mass is 340 g/mol. The number of rotatable bonds is 6. The highest BCUT2D eigenvalue weighted by Crippen LogP contribution is 2.28. The number of hydrogen-bond acceptors (Lipinski definition) is 6. The molecular weight excluding hydrogens is 331 g/mol. The largest absolute Gasteiger partial charge is 0.383 e. The highest BCUT2D eigenvalue weighted by molar-refractivity contribution is 8.13. The van der Waals surface area contributed by atoms with Crippen LogP contribution in [0.3, 0.4) is 0 Å². The SMILES string of the molecule is COCCNC(=O)c1cc([N+](=O)[O-])c(F)c(S(=O)(=O)Cl)c1. The maximum absolute atomic E-state index is 13.7. The molecule has 0 atom stereocenters. The van der Waals surface area contributed by atoms with Crippen LogP contribution in [0.2, 0.25) is 0 Å².